The highest BCUT2D eigenvalue weighted by molar-refractivity contribution is 5.58. The van der Waals surface area contributed by atoms with Crippen molar-refractivity contribution in [3.05, 3.63) is 171 Å². The molecule has 3 unspecified atom stereocenters. The second kappa shape index (κ2) is 23.3. The van der Waals surface area contributed by atoms with Crippen molar-refractivity contribution in [2.45, 2.75) is 56.7 Å². The number of fused-ring (bicyclic) bond motifs is 3. The van der Waals surface area contributed by atoms with E-state index in [1.807, 2.05) is 48.5 Å². The van der Waals surface area contributed by atoms with Crippen LogP contribution in [0, 0.1) is 0 Å². The molecule has 0 radical (unpaired) electrons. The molecule has 3 heterocycles. The second-order valence-corrected chi connectivity index (χ2v) is 20.3. The van der Waals surface area contributed by atoms with E-state index in [0.717, 1.165) is 74.6 Å². The van der Waals surface area contributed by atoms with E-state index in [0.29, 0.717) is 63.9 Å². The molecule has 7 aromatic carbocycles. The lowest BCUT2D eigenvalue weighted by Crippen LogP contribution is -2.33. The molecule has 13 heteroatoms. The van der Waals surface area contributed by atoms with E-state index in [2.05, 4.69) is 109 Å². The molecular weight excluding hydrogens is 971 g/mol. The molecular formula is C64H71N3O10. The lowest BCUT2D eigenvalue weighted by atomic mass is 9.88. The van der Waals surface area contributed by atoms with Crippen LogP contribution < -0.4 is 47.4 Å². The maximum absolute atomic E-state index is 7.03. The molecule has 13 nitrogen and oxygen atoms in total. The van der Waals surface area contributed by atoms with Gasteiger partial charge in [0, 0.05) is 43.8 Å². The summed E-state index contributed by atoms with van der Waals surface area (Å²) in [6, 6.07) is 41.5. The van der Waals surface area contributed by atoms with Gasteiger partial charge in [0.05, 0.1) is 49.8 Å². The van der Waals surface area contributed by atoms with Crippen LogP contribution in [0.4, 0.5) is 0 Å². The Bertz CT molecular complexity index is 3200. The van der Waals surface area contributed by atoms with E-state index in [9.17, 15) is 0 Å². The fourth-order valence-corrected chi connectivity index (χ4v) is 11.3. The fraction of sp³-hybridized carbons (Fsp3) is 0.344. The van der Waals surface area contributed by atoms with Gasteiger partial charge in [-0.15, -0.1) is 0 Å². The van der Waals surface area contributed by atoms with Crippen LogP contribution in [0.5, 0.6) is 74.7 Å². The van der Waals surface area contributed by atoms with Crippen molar-refractivity contribution < 1.29 is 47.4 Å². The summed E-state index contributed by atoms with van der Waals surface area (Å²) in [6.07, 6.45) is 5.02. The molecule has 0 saturated heterocycles. The standard InChI is InChI=1S/C64H71N3O10/c1-65-26-24-44-34-58(72-8)63(38-50(44)52(65)29-40-11-16-46(68-4)17-12-40)76-56-21-15-42(31-54-49-37-60(74-10)57(71-7)33-43(49)23-28-67(54)3)32-61(56)75-48-20-22-55(70-6)62(36-48)77-64-39-51-45(35-59(64)73-9)25-27-66(2)53(51)30-41-13-18-47(69-5)19-14-41/h11-22,32-39,52-54H,23-31H2,1-10H3. The minimum absolute atomic E-state index is 0.0571. The number of rotatable bonds is 19. The van der Waals surface area contributed by atoms with Crippen LogP contribution in [0.15, 0.2) is 121 Å². The van der Waals surface area contributed by atoms with Gasteiger partial charge in [0.1, 0.15) is 17.2 Å². The van der Waals surface area contributed by atoms with E-state index < -0.39 is 0 Å². The van der Waals surface area contributed by atoms with Crippen molar-refractivity contribution in [1.29, 1.82) is 0 Å². The summed E-state index contributed by atoms with van der Waals surface area (Å²) < 4.78 is 61.4. The summed E-state index contributed by atoms with van der Waals surface area (Å²) in [4.78, 5) is 7.22. The highest BCUT2D eigenvalue weighted by atomic mass is 16.5. The molecule has 0 amide bonds. The predicted octanol–water partition coefficient (Wildman–Crippen LogP) is 12.4. The van der Waals surface area contributed by atoms with Crippen LogP contribution in [0.25, 0.3) is 0 Å². The molecule has 0 bridgehead atoms. The zero-order valence-electron chi connectivity index (χ0n) is 46.1. The average Bonchev–Trinajstić information content (AvgIpc) is 3.46. The van der Waals surface area contributed by atoms with E-state index in [1.165, 1.54) is 44.5 Å². The topological polar surface area (TPSA) is 102 Å². The summed E-state index contributed by atoms with van der Waals surface area (Å²) >= 11 is 0. The van der Waals surface area contributed by atoms with Crippen molar-refractivity contribution in [3.8, 4) is 74.7 Å². The van der Waals surface area contributed by atoms with Crippen molar-refractivity contribution in [2.24, 2.45) is 0 Å². The van der Waals surface area contributed by atoms with Gasteiger partial charge in [0.2, 0.25) is 0 Å². The van der Waals surface area contributed by atoms with Crippen molar-refractivity contribution >= 4 is 0 Å². The Morgan fingerprint density at radius 2 is 0.649 bits per heavy atom. The molecule has 0 aromatic heterocycles. The van der Waals surface area contributed by atoms with Gasteiger partial charge >= 0.3 is 0 Å². The van der Waals surface area contributed by atoms with E-state index >= 15 is 0 Å². The molecule has 7 aromatic rings. The van der Waals surface area contributed by atoms with Crippen LogP contribution in [0.2, 0.25) is 0 Å². The van der Waals surface area contributed by atoms with E-state index in [-0.39, 0.29) is 18.1 Å². The van der Waals surface area contributed by atoms with Crippen molar-refractivity contribution in [2.75, 3.05) is 90.5 Å². The Hall–Kier alpha value is -7.58. The first-order chi connectivity index (χ1) is 37.5. The molecule has 3 atom stereocenters. The van der Waals surface area contributed by atoms with Crippen molar-refractivity contribution in [3.63, 3.8) is 0 Å². The summed E-state index contributed by atoms with van der Waals surface area (Å²) in [5.74, 6) is 8.12. The van der Waals surface area contributed by atoms with Crippen LogP contribution in [-0.2, 0) is 38.5 Å². The number of nitrogens with zero attached hydrogens (tertiary/aromatic N) is 3. The monoisotopic (exact) mass is 1040 g/mol. The first-order valence-corrected chi connectivity index (χ1v) is 26.4. The first-order valence-electron chi connectivity index (χ1n) is 26.4. The van der Waals surface area contributed by atoms with Gasteiger partial charge in [-0.2, -0.15) is 0 Å². The van der Waals surface area contributed by atoms with E-state index in [1.54, 1.807) is 49.8 Å². The lowest BCUT2D eigenvalue weighted by molar-refractivity contribution is 0.227. The highest BCUT2D eigenvalue weighted by Crippen LogP contribution is 2.48. The Balaban J connectivity index is 1.01. The van der Waals surface area contributed by atoms with Gasteiger partial charge in [-0.05, 0) is 195 Å². The normalized spacial score (nSPS) is 17.3. The van der Waals surface area contributed by atoms with Gasteiger partial charge in [-0.3, -0.25) is 14.7 Å². The van der Waals surface area contributed by atoms with Crippen LogP contribution in [-0.4, -0.2) is 105 Å². The molecule has 0 saturated carbocycles. The van der Waals surface area contributed by atoms with Gasteiger partial charge in [0.25, 0.3) is 0 Å². The largest absolute Gasteiger partial charge is 0.497 e. The van der Waals surface area contributed by atoms with E-state index in [4.69, 9.17) is 47.4 Å². The minimum Gasteiger partial charge on any atom is -0.497 e. The minimum atomic E-state index is 0.0571. The maximum atomic E-state index is 7.03. The average molecular weight is 1040 g/mol. The molecule has 77 heavy (non-hydrogen) atoms. The van der Waals surface area contributed by atoms with Crippen molar-refractivity contribution in [1.82, 2.24) is 14.7 Å². The Kier molecular flexibility index (Phi) is 16.0. The predicted molar refractivity (Wildman–Crippen MR) is 300 cm³/mol. The Morgan fingerprint density at radius 1 is 0.312 bits per heavy atom. The summed E-state index contributed by atoms with van der Waals surface area (Å²) in [7, 11) is 18.3. The zero-order chi connectivity index (χ0) is 53.7. The van der Waals surface area contributed by atoms with Crippen LogP contribution >= 0.6 is 0 Å². The van der Waals surface area contributed by atoms with Gasteiger partial charge in [-0.25, -0.2) is 0 Å². The number of methoxy groups -OCH3 is 7. The van der Waals surface area contributed by atoms with Gasteiger partial charge < -0.3 is 47.4 Å². The highest BCUT2D eigenvalue weighted by Gasteiger charge is 2.31. The second-order valence-electron chi connectivity index (χ2n) is 20.3. The molecule has 0 spiro atoms. The third kappa shape index (κ3) is 11.3. The zero-order valence-corrected chi connectivity index (χ0v) is 46.1. The molecule has 402 valence electrons. The summed E-state index contributed by atoms with van der Waals surface area (Å²) in [6.45, 7) is 2.74. The number of hydrogen-bond donors (Lipinski definition) is 0. The maximum Gasteiger partial charge on any atom is 0.173 e. The van der Waals surface area contributed by atoms with Gasteiger partial charge in [0.15, 0.2) is 57.5 Å². The molecule has 0 fully saturated rings. The summed E-state index contributed by atoms with van der Waals surface area (Å²) in [5.41, 5.74) is 10.8. The summed E-state index contributed by atoms with van der Waals surface area (Å²) in [5, 5.41) is 0. The molecule has 3 aliphatic heterocycles. The molecule has 10 rings (SSSR count). The number of hydrogen-bond acceptors (Lipinski definition) is 13. The third-order valence-corrected chi connectivity index (χ3v) is 15.8. The Morgan fingerprint density at radius 3 is 1.09 bits per heavy atom. The molecule has 0 aliphatic carbocycles. The molecule has 3 aliphatic rings. The molecule has 0 N–H and O–H groups in total. The smallest absolute Gasteiger partial charge is 0.173 e. The SMILES string of the molecule is COc1ccc(CC2c3cc(Oc4cc(Oc5cc(CC6c7cc(OC)c(OC)cc7CCN6C)ccc5Oc5cc6c(cc5OC)CCN(C)C6Cc5ccc(OC)cc5)ccc4OC)c(OC)cc3CCN2C)cc1. The first kappa shape index (κ1) is 52.8. The number of benzene rings is 7. The van der Waals surface area contributed by atoms with Gasteiger partial charge in [-0.1, -0.05) is 30.3 Å². The van der Waals surface area contributed by atoms with Crippen LogP contribution in [0.1, 0.15) is 68.2 Å². The van der Waals surface area contributed by atoms with Crippen LogP contribution in [0.3, 0.4) is 0 Å². The number of ether oxygens (including phenoxy) is 10. The fourth-order valence-electron chi connectivity index (χ4n) is 11.3. The Labute approximate surface area is 453 Å². The third-order valence-electron chi connectivity index (χ3n) is 15.8. The quantitative estimate of drug-likeness (QED) is 0.0769. The number of likely N-dealkylation sites (N-methyl/N-ethyl adjacent to an activating group) is 3. The lowest BCUT2D eigenvalue weighted by Gasteiger charge is -2.35.